The number of fused-ring (bicyclic) bond motifs is 5. The summed E-state index contributed by atoms with van der Waals surface area (Å²) in [4.78, 5) is 10.6. The monoisotopic (exact) mass is 218 g/mol. The molecule has 1 aromatic rings. The van der Waals surface area contributed by atoms with Gasteiger partial charge in [-0.25, -0.2) is 0 Å². The number of nitrogen functional groups attached to an aromatic ring is 2. The van der Waals surface area contributed by atoms with Gasteiger partial charge in [-0.15, -0.1) is 4.91 Å². The van der Waals surface area contributed by atoms with Crippen molar-refractivity contribution in [1.82, 2.24) is 5.01 Å². The molecule has 2 aliphatic rings. The van der Waals surface area contributed by atoms with E-state index in [4.69, 9.17) is 11.5 Å². The predicted octanol–water partition coefficient (Wildman–Crippen LogP) is 1.42. The van der Waals surface area contributed by atoms with Crippen LogP contribution < -0.4 is 11.5 Å². The number of nitrogens with two attached hydrogens (primary N) is 2. The lowest BCUT2D eigenvalue weighted by Gasteiger charge is -2.26. The molecule has 1 aliphatic carbocycles. The largest absolute Gasteiger partial charge is 0.397 e. The Morgan fingerprint density at radius 2 is 1.62 bits per heavy atom. The molecular weight excluding hydrogens is 204 g/mol. The minimum atomic E-state index is 0.384. The molecule has 1 aromatic carbocycles. The van der Waals surface area contributed by atoms with E-state index >= 15 is 0 Å². The Morgan fingerprint density at radius 3 is 2.06 bits per heavy atom. The van der Waals surface area contributed by atoms with Crippen LogP contribution in [-0.4, -0.2) is 18.1 Å². The summed E-state index contributed by atoms with van der Waals surface area (Å²) in [5.74, 6) is 0.767. The number of anilines is 2. The Hall–Kier alpha value is -1.78. The van der Waals surface area contributed by atoms with E-state index in [1.165, 1.54) is 11.1 Å². The molecule has 5 heteroatoms. The van der Waals surface area contributed by atoms with Crippen molar-refractivity contribution >= 4 is 11.4 Å². The maximum atomic E-state index is 10.6. The van der Waals surface area contributed by atoms with Crippen molar-refractivity contribution in [2.75, 3.05) is 24.6 Å². The Balaban J connectivity index is 2.07. The zero-order valence-electron chi connectivity index (χ0n) is 8.89. The third-order valence-corrected chi connectivity index (χ3v) is 3.72. The Bertz CT molecular complexity index is 423. The predicted molar refractivity (Wildman–Crippen MR) is 62.7 cm³/mol. The molecule has 0 saturated carbocycles. The number of piperidine rings is 1. The van der Waals surface area contributed by atoms with Gasteiger partial charge in [0.15, 0.2) is 0 Å². The molecule has 2 bridgehead atoms. The highest BCUT2D eigenvalue weighted by atomic mass is 16.3. The van der Waals surface area contributed by atoms with Crippen LogP contribution in [-0.2, 0) is 0 Å². The summed E-state index contributed by atoms with van der Waals surface area (Å²) in [6.07, 6.45) is 1.09. The fraction of sp³-hybridized carbons (Fsp3) is 0.455. The van der Waals surface area contributed by atoms with Crippen molar-refractivity contribution in [3.63, 3.8) is 0 Å². The smallest absolute Gasteiger partial charge is 0.0550 e. The van der Waals surface area contributed by atoms with Crippen LogP contribution in [0.25, 0.3) is 0 Å². The molecule has 2 atom stereocenters. The number of benzene rings is 1. The van der Waals surface area contributed by atoms with Crippen LogP contribution >= 0.6 is 0 Å². The summed E-state index contributed by atoms with van der Waals surface area (Å²) in [6.45, 7) is 1.41. The van der Waals surface area contributed by atoms with E-state index in [1.54, 1.807) is 5.01 Å². The summed E-state index contributed by atoms with van der Waals surface area (Å²) >= 11 is 0. The van der Waals surface area contributed by atoms with Gasteiger partial charge in [-0.1, -0.05) is 0 Å². The maximum Gasteiger partial charge on any atom is 0.0550 e. The van der Waals surface area contributed by atoms with Crippen LogP contribution in [0.1, 0.15) is 29.4 Å². The Morgan fingerprint density at radius 1 is 1.12 bits per heavy atom. The fourth-order valence-corrected chi connectivity index (χ4v) is 2.97. The second-order valence-electron chi connectivity index (χ2n) is 4.69. The summed E-state index contributed by atoms with van der Waals surface area (Å²) in [5, 5.41) is 4.64. The molecular formula is C11H14N4O. The van der Waals surface area contributed by atoms with E-state index in [0.29, 0.717) is 36.3 Å². The van der Waals surface area contributed by atoms with Crippen molar-refractivity contribution in [3.05, 3.63) is 28.2 Å². The highest BCUT2D eigenvalue weighted by molar-refractivity contribution is 5.68. The zero-order chi connectivity index (χ0) is 11.3. The topological polar surface area (TPSA) is 84.7 Å². The van der Waals surface area contributed by atoms with E-state index in [1.807, 2.05) is 12.1 Å². The summed E-state index contributed by atoms with van der Waals surface area (Å²) < 4.78 is 0. The maximum absolute atomic E-state index is 10.6. The van der Waals surface area contributed by atoms with Gasteiger partial charge in [0.05, 0.1) is 16.7 Å². The second-order valence-corrected chi connectivity index (χ2v) is 4.69. The number of rotatable bonds is 1. The third-order valence-electron chi connectivity index (χ3n) is 3.72. The summed E-state index contributed by atoms with van der Waals surface area (Å²) in [6, 6.07) is 3.92. The quantitative estimate of drug-likeness (QED) is 0.551. The molecule has 84 valence electrons. The first-order valence-corrected chi connectivity index (χ1v) is 5.46. The van der Waals surface area contributed by atoms with Gasteiger partial charge in [0.25, 0.3) is 0 Å². The normalized spacial score (nSPS) is 26.6. The van der Waals surface area contributed by atoms with Gasteiger partial charge in [0, 0.05) is 24.9 Å². The van der Waals surface area contributed by atoms with Crippen LogP contribution in [0.4, 0.5) is 11.4 Å². The van der Waals surface area contributed by atoms with Gasteiger partial charge in [-0.3, -0.25) is 5.01 Å². The van der Waals surface area contributed by atoms with Crippen LogP contribution in [0.3, 0.4) is 0 Å². The van der Waals surface area contributed by atoms with E-state index in [2.05, 4.69) is 5.29 Å². The molecule has 0 aromatic heterocycles. The molecule has 0 spiro atoms. The SMILES string of the molecule is Nc1cc2c(cc1N)[C@H]1C[C@@H]2CN(N=O)C1. The summed E-state index contributed by atoms with van der Waals surface area (Å²) in [7, 11) is 0. The first-order valence-electron chi connectivity index (χ1n) is 5.46. The van der Waals surface area contributed by atoms with E-state index < -0.39 is 0 Å². The standard InChI is InChI=1S/C11H14N4O/c12-10-2-8-6-1-7(5-15(4-6)14-16)9(8)3-11(10)13/h2-3,6-7H,1,4-5,12-13H2/t6-,7+. The van der Waals surface area contributed by atoms with Crippen LogP contribution in [0, 0.1) is 4.91 Å². The van der Waals surface area contributed by atoms with Gasteiger partial charge < -0.3 is 11.5 Å². The average molecular weight is 218 g/mol. The highest BCUT2D eigenvalue weighted by Gasteiger charge is 2.38. The van der Waals surface area contributed by atoms with Gasteiger partial charge >= 0.3 is 0 Å². The third kappa shape index (κ3) is 1.17. The molecule has 1 heterocycles. The minimum absolute atomic E-state index is 0.384. The molecule has 3 rings (SSSR count). The molecule has 1 fully saturated rings. The lowest BCUT2D eigenvalue weighted by atomic mass is 9.97. The molecule has 1 saturated heterocycles. The number of hydrogen-bond donors (Lipinski definition) is 2. The first kappa shape index (κ1) is 9.45. The van der Waals surface area contributed by atoms with Crippen molar-refractivity contribution < 1.29 is 0 Å². The van der Waals surface area contributed by atoms with Crippen molar-refractivity contribution in [2.24, 2.45) is 5.29 Å². The van der Waals surface area contributed by atoms with Crippen molar-refractivity contribution in [3.8, 4) is 0 Å². The highest BCUT2D eigenvalue weighted by Crippen LogP contribution is 2.47. The lowest BCUT2D eigenvalue weighted by molar-refractivity contribution is 0.208. The molecule has 1 aliphatic heterocycles. The van der Waals surface area contributed by atoms with Gasteiger partial charge in [0.1, 0.15) is 0 Å². The molecule has 16 heavy (non-hydrogen) atoms. The van der Waals surface area contributed by atoms with Gasteiger partial charge in [-0.2, -0.15) is 0 Å². The van der Waals surface area contributed by atoms with Crippen LogP contribution in [0.15, 0.2) is 17.4 Å². The zero-order valence-corrected chi connectivity index (χ0v) is 8.89. The molecule has 0 radical (unpaired) electrons. The molecule has 0 unspecified atom stereocenters. The molecule has 0 amide bonds. The fourth-order valence-electron chi connectivity index (χ4n) is 2.97. The minimum Gasteiger partial charge on any atom is -0.397 e. The van der Waals surface area contributed by atoms with Gasteiger partial charge in [-0.05, 0) is 29.7 Å². The van der Waals surface area contributed by atoms with Gasteiger partial charge in [0.2, 0.25) is 0 Å². The lowest BCUT2D eigenvalue weighted by Crippen LogP contribution is -2.30. The summed E-state index contributed by atoms with van der Waals surface area (Å²) in [5.41, 5.74) is 15.4. The van der Waals surface area contributed by atoms with E-state index in [9.17, 15) is 4.91 Å². The van der Waals surface area contributed by atoms with Crippen LogP contribution in [0.2, 0.25) is 0 Å². The first-order chi connectivity index (χ1) is 7.69. The molecule has 4 N–H and O–H groups in total. The average Bonchev–Trinajstić information content (AvgIpc) is 2.52. The van der Waals surface area contributed by atoms with Crippen LogP contribution in [0.5, 0.6) is 0 Å². The van der Waals surface area contributed by atoms with Crippen molar-refractivity contribution in [2.45, 2.75) is 18.3 Å². The number of hydrogen-bond acceptors (Lipinski definition) is 4. The Kier molecular flexibility index (Phi) is 1.83. The van der Waals surface area contributed by atoms with E-state index in [-0.39, 0.29) is 0 Å². The number of nitroso groups, excluding NO2 is 1. The van der Waals surface area contributed by atoms with Crippen molar-refractivity contribution in [1.29, 1.82) is 0 Å². The van der Waals surface area contributed by atoms with E-state index in [0.717, 1.165) is 6.42 Å². The Labute approximate surface area is 93.3 Å². The molecule has 5 nitrogen and oxygen atoms in total. The number of nitrogens with zero attached hydrogens (tertiary/aromatic N) is 2. The second kappa shape index (κ2) is 3.10.